The predicted octanol–water partition coefficient (Wildman–Crippen LogP) is 5.78. The molecule has 0 saturated carbocycles. The summed E-state index contributed by atoms with van der Waals surface area (Å²) in [4.78, 5) is 16.7. The summed E-state index contributed by atoms with van der Waals surface area (Å²) in [5, 5.41) is 5.30. The van der Waals surface area contributed by atoms with Crippen molar-refractivity contribution in [3.8, 4) is 11.5 Å². The number of ether oxygens (including phenoxy) is 2. The molecule has 174 valence electrons. The van der Waals surface area contributed by atoms with Gasteiger partial charge in [0.25, 0.3) is 0 Å². The molecule has 1 aliphatic heterocycles. The van der Waals surface area contributed by atoms with Crippen LogP contribution in [-0.4, -0.2) is 38.1 Å². The van der Waals surface area contributed by atoms with Gasteiger partial charge in [0, 0.05) is 17.1 Å². The van der Waals surface area contributed by atoms with Crippen LogP contribution in [0.3, 0.4) is 0 Å². The smallest absolute Gasteiger partial charge is 0.238 e. The summed E-state index contributed by atoms with van der Waals surface area (Å²) in [6, 6.07) is 14.6. The number of aryl methyl sites for hydroxylation is 1. The van der Waals surface area contributed by atoms with Gasteiger partial charge in [-0.05, 0) is 65.1 Å². The zero-order valence-corrected chi connectivity index (χ0v) is 20.8. The first-order chi connectivity index (χ1) is 15.9. The summed E-state index contributed by atoms with van der Waals surface area (Å²) in [7, 11) is 3.32. The third-order valence-electron chi connectivity index (χ3n) is 6.32. The number of thiophene rings is 1. The predicted molar refractivity (Wildman–Crippen MR) is 135 cm³/mol. The number of nitrogens with zero attached hydrogens (tertiary/aromatic N) is 1. The number of nitrogens with one attached hydrogen (secondary N) is 1. The largest absolute Gasteiger partial charge is 0.493 e. The van der Waals surface area contributed by atoms with Gasteiger partial charge in [-0.15, -0.1) is 11.3 Å². The molecule has 0 saturated heterocycles. The number of anilines is 1. The quantitative estimate of drug-likeness (QED) is 0.481. The average molecular weight is 465 g/mol. The van der Waals surface area contributed by atoms with Crippen molar-refractivity contribution in [2.75, 3.05) is 32.6 Å². The maximum Gasteiger partial charge on any atom is 0.238 e. The summed E-state index contributed by atoms with van der Waals surface area (Å²) in [5.41, 5.74) is 5.61. The number of rotatable bonds is 7. The Morgan fingerprint density at radius 3 is 2.58 bits per heavy atom. The average Bonchev–Trinajstić information content (AvgIpc) is 3.33. The van der Waals surface area contributed by atoms with Crippen molar-refractivity contribution in [3.63, 3.8) is 0 Å². The molecule has 6 heteroatoms. The Bertz CT molecular complexity index is 1120. The van der Waals surface area contributed by atoms with E-state index in [4.69, 9.17) is 9.47 Å². The first-order valence-electron chi connectivity index (χ1n) is 11.3. The van der Waals surface area contributed by atoms with Crippen molar-refractivity contribution >= 4 is 22.9 Å². The molecular formula is C27H32N2O3S. The van der Waals surface area contributed by atoms with Gasteiger partial charge in [0.05, 0.1) is 26.8 Å². The van der Waals surface area contributed by atoms with E-state index >= 15 is 0 Å². The fraction of sp³-hybridized carbons (Fsp3) is 0.370. The normalized spacial score (nSPS) is 15.9. The van der Waals surface area contributed by atoms with Gasteiger partial charge >= 0.3 is 0 Å². The van der Waals surface area contributed by atoms with Gasteiger partial charge in [0.15, 0.2) is 11.5 Å². The minimum atomic E-state index is 0.000690. The summed E-state index contributed by atoms with van der Waals surface area (Å²) in [6.07, 6.45) is 0.854. The van der Waals surface area contributed by atoms with Gasteiger partial charge in [-0.2, -0.15) is 0 Å². The van der Waals surface area contributed by atoms with Gasteiger partial charge in [-0.1, -0.05) is 38.1 Å². The number of fused-ring (bicyclic) bond motifs is 1. The van der Waals surface area contributed by atoms with Crippen LogP contribution in [-0.2, 0) is 11.2 Å². The Morgan fingerprint density at radius 1 is 1.15 bits per heavy atom. The van der Waals surface area contributed by atoms with E-state index in [1.54, 1.807) is 25.6 Å². The highest BCUT2D eigenvalue weighted by Gasteiger charge is 2.32. The molecule has 1 atom stereocenters. The lowest BCUT2D eigenvalue weighted by Crippen LogP contribution is -2.41. The molecule has 1 amide bonds. The zero-order chi connectivity index (χ0) is 23.5. The van der Waals surface area contributed by atoms with Crippen LogP contribution in [0.4, 0.5) is 5.69 Å². The SMILES string of the molecule is COc1cc2c(cc1OC)[C@@H](c1cccs1)N(CC(=O)Nc1c(C)cccc1C(C)C)CC2. The van der Waals surface area contributed by atoms with E-state index < -0.39 is 0 Å². The van der Waals surface area contributed by atoms with E-state index in [2.05, 4.69) is 65.8 Å². The molecule has 33 heavy (non-hydrogen) atoms. The maximum atomic E-state index is 13.3. The fourth-order valence-electron chi connectivity index (χ4n) is 4.65. The fourth-order valence-corrected chi connectivity index (χ4v) is 5.53. The van der Waals surface area contributed by atoms with Crippen LogP contribution in [0.15, 0.2) is 47.8 Å². The second-order valence-electron chi connectivity index (χ2n) is 8.79. The van der Waals surface area contributed by atoms with E-state index in [-0.39, 0.29) is 11.9 Å². The molecule has 3 aromatic rings. The topological polar surface area (TPSA) is 50.8 Å². The molecule has 0 radical (unpaired) electrons. The number of para-hydroxylation sites is 1. The number of hydrogen-bond donors (Lipinski definition) is 1. The second-order valence-corrected chi connectivity index (χ2v) is 9.77. The van der Waals surface area contributed by atoms with Gasteiger partial charge in [0.1, 0.15) is 0 Å². The minimum Gasteiger partial charge on any atom is -0.493 e. The van der Waals surface area contributed by atoms with Crippen LogP contribution >= 0.6 is 11.3 Å². The third-order valence-corrected chi connectivity index (χ3v) is 7.25. The molecule has 0 fully saturated rings. The molecule has 2 aromatic carbocycles. The lowest BCUT2D eigenvalue weighted by atomic mass is 9.90. The van der Waals surface area contributed by atoms with Crippen LogP contribution in [0.2, 0.25) is 0 Å². The summed E-state index contributed by atoms with van der Waals surface area (Å²) in [6.45, 7) is 7.47. The van der Waals surface area contributed by atoms with Crippen LogP contribution in [0, 0.1) is 6.92 Å². The molecule has 1 aromatic heterocycles. The van der Waals surface area contributed by atoms with Gasteiger partial charge in [0.2, 0.25) is 5.91 Å². The highest BCUT2D eigenvalue weighted by Crippen LogP contribution is 2.42. The van der Waals surface area contributed by atoms with E-state index in [9.17, 15) is 4.79 Å². The molecule has 0 spiro atoms. The Hall–Kier alpha value is -2.83. The van der Waals surface area contributed by atoms with Crippen molar-refractivity contribution in [1.29, 1.82) is 0 Å². The first-order valence-corrected chi connectivity index (χ1v) is 12.2. The Labute approximate surface area is 200 Å². The summed E-state index contributed by atoms with van der Waals surface area (Å²) < 4.78 is 11.1. The maximum absolute atomic E-state index is 13.3. The number of hydrogen-bond acceptors (Lipinski definition) is 5. The molecule has 4 rings (SSSR count). The minimum absolute atomic E-state index is 0.000690. The van der Waals surface area contributed by atoms with Crippen LogP contribution in [0.25, 0.3) is 0 Å². The Morgan fingerprint density at radius 2 is 1.91 bits per heavy atom. The van der Waals surface area contributed by atoms with Crippen molar-refractivity contribution in [1.82, 2.24) is 4.90 Å². The first kappa shape index (κ1) is 23.3. The van der Waals surface area contributed by atoms with Gasteiger partial charge in [-0.3, -0.25) is 9.69 Å². The monoisotopic (exact) mass is 464 g/mol. The lowest BCUT2D eigenvalue weighted by molar-refractivity contribution is -0.117. The van der Waals surface area contributed by atoms with E-state index in [1.165, 1.54) is 21.6 Å². The summed E-state index contributed by atoms with van der Waals surface area (Å²) >= 11 is 1.71. The standard InChI is InChI=1S/C27H32N2O3S/c1-17(2)20-9-6-8-18(3)26(20)28-25(30)16-29-12-11-19-14-22(31-4)23(32-5)15-21(19)27(29)24-10-7-13-33-24/h6-10,13-15,17,27H,11-12,16H2,1-5H3,(H,28,30)/t27-/m0/s1. The molecule has 0 bridgehead atoms. The summed E-state index contributed by atoms with van der Waals surface area (Å²) in [5.74, 6) is 1.80. The number of carbonyl (C=O) groups is 1. The van der Waals surface area contributed by atoms with E-state index in [1.807, 2.05) is 13.0 Å². The van der Waals surface area contributed by atoms with Crippen LogP contribution in [0.1, 0.15) is 52.9 Å². The third kappa shape index (κ3) is 4.77. The van der Waals surface area contributed by atoms with Gasteiger partial charge < -0.3 is 14.8 Å². The molecule has 0 unspecified atom stereocenters. The van der Waals surface area contributed by atoms with E-state index in [0.717, 1.165) is 30.0 Å². The number of amides is 1. The highest BCUT2D eigenvalue weighted by molar-refractivity contribution is 7.10. The highest BCUT2D eigenvalue weighted by atomic mass is 32.1. The number of carbonyl (C=O) groups excluding carboxylic acids is 1. The zero-order valence-electron chi connectivity index (χ0n) is 20.0. The second kappa shape index (κ2) is 9.98. The Kier molecular flexibility index (Phi) is 7.05. The van der Waals surface area contributed by atoms with Crippen molar-refractivity contribution in [2.24, 2.45) is 0 Å². The van der Waals surface area contributed by atoms with Crippen molar-refractivity contribution in [2.45, 2.75) is 39.2 Å². The van der Waals surface area contributed by atoms with Crippen molar-refractivity contribution in [3.05, 3.63) is 75.0 Å². The van der Waals surface area contributed by atoms with Gasteiger partial charge in [-0.25, -0.2) is 0 Å². The van der Waals surface area contributed by atoms with E-state index in [0.29, 0.717) is 18.2 Å². The number of benzene rings is 2. The molecule has 0 aliphatic carbocycles. The van der Waals surface area contributed by atoms with Crippen molar-refractivity contribution < 1.29 is 14.3 Å². The molecular weight excluding hydrogens is 432 g/mol. The molecule has 1 N–H and O–H groups in total. The molecule has 1 aliphatic rings. The van der Waals surface area contributed by atoms with Crippen LogP contribution in [0.5, 0.6) is 11.5 Å². The van der Waals surface area contributed by atoms with Crippen LogP contribution < -0.4 is 14.8 Å². The molecule has 5 nitrogen and oxygen atoms in total. The Balaban J connectivity index is 1.64. The molecule has 2 heterocycles. The number of methoxy groups -OCH3 is 2. The lowest BCUT2D eigenvalue weighted by Gasteiger charge is -2.37.